The highest BCUT2D eigenvalue weighted by Crippen LogP contribution is 2.23. The van der Waals surface area contributed by atoms with Crippen LogP contribution in [0.4, 0.5) is 0 Å². The van der Waals surface area contributed by atoms with Gasteiger partial charge in [-0.2, -0.15) is 0 Å². The van der Waals surface area contributed by atoms with Crippen molar-refractivity contribution in [1.82, 2.24) is 24.8 Å². The summed E-state index contributed by atoms with van der Waals surface area (Å²) < 4.78 is 7.14. The fourth-order valence-corrected chi connectivity index (χ4v) is 4.36. The van der Waals surface area contributed by atoms with Crippen molar-refractivity contribution in [3.63, 3.8) is 0 Å². The minimum Gasteiger partial charge on any atom is -0.378 e. The van der Waals surface area contributed by atoms with E-state index in [1.165, 1.54) is 30.4 Å². The number of hydrogen-bond donors (Lipinski definition) is 0. The predicted molar refractivity (Wildman–Crippen MR) is 111 cm³/mol. The lowest BCUT2D eigenvalue weighted by molar-refractivity contribution is 0.0299. The highest BCUT2D eigenvalue weighted by Gasteiger charge is 2.24. The number of rotatable bonds is 6. The molecule has 156 valence electrons. The molecular weight excluding hydrogens is 366 g/mol. The van der Waals surface area contributed by atoms with Crippen molar-refractivity contribution in [1.29, 1.82) is 0 Å². The number of likely N-dealkylation sites (tertiary alicyclic amines) is 1. The number of piperidine rings is 1. The van der Waals surface area contributed by atoms with E-state index in [1.54, 1.807) is 11.1 Å². The van der Waals surface area contributed by atoms with E-state index >= 15 is 0 Å². The van der Waals surface area contributed by atoms with Crippen molar-refractivity contribution in [2.24, 2.45) is 0 Å². The first-order valence-electron chi connectivity index (χ1n) is 10.8. The van der Waals surface area contributed by atoms with Crippen molar-refractivity contribution < 1.29 is 9.53 Å². The molecule has 0 bridgehead atoms. The number of carbonyl (C=O) groups is 1. The van der Waals surface area contributed by atoms with Crippen LogP contribution >= 0.6 is 0 Å². The average Bonchev–Trinajstić information content (AvgIpc) is 3.22. The van der Waals surface area contributed by atoms with E-state index in [2.05, 4.69) is 46.4 Å². The largest absolute Gasteiger partial charge is 0.378 e. The van der Waals surface area contributed by atoms with E-state index in [0.29, 0.717) is 38.0 Å². The zero-order valence-electron chi connectivity index (χ0n) is 17.3. The number of benzene rings is 1. The Morgan fingerprint density at radius 1 is 1.21 bits per heavy atom. The van der Waals surface area contributed by atoms with Crippen LogP contribution < -0.4 is 0 Å². The monoisotopic (exact) mass is 397 g/mol. The summed E-state index contributed by atoms with van der Waals surface area (Å²) in [4.78, 5) is 16.9. The third kappa shape index (κ3) is 5.22. The van der Waals surface area contributed by atoms with Crippen LogP contribution in [-0.4, -0.2) is 69.6 Å². The summed E-state index contributed by atoms with van der Waals surface area (Å²) >= 11 is 0. The molecular formula is C22H31N5O2. The van der Waals surface area contributed by atoms with Gasteiger partial charge < -0.3 is 9.64 Å². The molecule has 29 heavy (non-hydrogen) atoms. The number of hydrogen-bond acceptors (Lipinski definition) is 5. The summed E-state index contributed by atoms with van der Waals surface area (Å²) in [5.41, 5.74) is 3.14. The van der Waals surface area contributed by atoms with E-state index in [4.69, 9.17) is 4.74 Å². The standard InChI is InChI=1S/C22H31N5O2/c1-18-5-4-6-19(15-18)16-26-9-3-2-7-20(26)8-10-27-17-21(23-24-27)22(28)25-11-13-29-14-12-25/h4-6,15,17,20H,2-3,7-14,16H2,1H3. The third-order valence-electron chi connectivity index (χ3n) is 5.96. The van der Waals surface area contributed by atoms with Crippen molar-refractivity contribution in [2.45, 2.75) is 51.7 Å². The van der Waals surface area contributed by atoms with Gasteiger partial charge in [0.15, 0.2) is 5.69 Å². The van der Waals surface area contributed by atoms with E-state index in [9.17, 15) is 4.79 Å². The molecule has 2 aromatic rings. The Morgan fingerprint density at radius 3 is 2.90 bits per heavy atom. The van der Waals surface area contributed by atoms with Gasteiger partial charge in [-0.1, -0.05) is 41.5 Å². The average molecular weight is 398 g/mol. The lowest BCUT2D eigenvalue weighted by Crippen LogP contribution is -2.40. The Labute approximate surface area is 172 Å². The van der Waals surface area contributed by atoms with E-state index < -0.39 is 0 Å². The van der Waals surface area contributed by atoms with Gasteiger partial charge in [0.05, 0.1) is 19.4 Å². The third-order valence-corrected chi connectivity index (χ3v) is 5.96. The van der Waals surface area contributed by atoms with Gasteiger partial charge in [-0.05, 0) is 38.3 Å². The normalized spacial score (nSPS) is 20.7. The van der Waals surface area contributed by atoms with Crippen LogP contribution in [0.1, 0.15) is 47.3 Å². The second kappa shape index (κ2) is 9.50. The van der Waals surface area contributed by atoms with E-state index in [1.807, 2.05) is 4.68 Å². The number of amides is 1. The molecule has 2 aliphatic rings. The molecule has 0 saturated carbocycles. The lowest BCUT2D eigenvalue weighted by Gasteiger charge is -2.36. The molecule has 0 radical (unpaired) electrons. The first kappa shape index (κ1) is 20.0. The van der Waals surface area contributed by atoms with E-state index in [-0.39, 0.29) is 5.91 Å². The maximum atomic E-state index is 12.5. The van der Waals surface area contributed by atoms with Crippen LogP contribution in [0.25, 0.3) is 0 Å². The summed E-state index contributed by atoms with van der Waals surface area (Å²) in [6, 6.07) is 9.35. The van der Waals surface area contributed by atoms with Crippen molar-refractivity contribution in [2.75, 3.05) is 32.8 Å². The topological polar surface area (TPSA) is 63.5 Å². The minimum absolute atomic E-state index is 0.0432. The molecule has 7 nitrogen and oxygen atoms in total. The van der Waals surface area contributed by atoms with Gasteiger partial charge in [-0.25, -0.2) is 0 Å². The molecule has 1 amide bonds. The quantitative estimate of drug-likeness (QED) is 0.749. The lowest BCUT2D eigenvalue weighted by atomic mass is 9.98. The first-order chi connectivity index (χ1) is 14.2. The van der Waals surface area contributed by atoms with Crippen LogP contribution in [0.3, 0.4) is 0 Å². The highest BCUT2D eigenvalue weighted by molar-refractivity contribution is 5.91. The van der Waals surface area contributed by atoms with Crippen LogP contribution in [0.15, 0.2) is 30.5 Å². The van der Waals surface area contributed by atoms with Crippen LogP contribution in [0, 0.1) is 6.92 Å². The second-order valence-corrected chi connectivity index (χ2v) is 8.17. The maximum Gasteiger partial charge on any atom is 0.276 e. The smallest absolute Gasteiger partial charge is 0.276 e. The molecule has 2 fully saturated rings. The van der Waals surface area contributed by atoms with Crippen LogP contribution in [-0.2, 0) is 17.8 Å². The highest BCUT2D eigenvalue weighted by atomic mass is 16.5. The summed E-state index contributed by atoms with van der Waals surface area (Å²) in [6.45, 7) is 7.54. The van der Waals surface area contributed by atoms with Gasteiger partial charge in [0.1, 0.15) is 0 Å². The van der Waals surface area contributed by atoms with Gasteiger partial charge in [0, 0.05) is 32.2 Å². The van der Waals surface area contributed by atoms with E-state index in [0.717, 1.165) is 26.1 Å². The molecule has 4 rings (SSSR count). The molecule has 0 N–H and O–H groups in total. The van der Waals surface area contributed by atoms with Crippen LogP contribution in [0.5, 0.6) is 0 Å². The molecule has 1 aromatic heterocycles. The summed E-state index contributed by atoms with van der Waals surface area (Å²) in [5, 5.41) is 8.33. The fourth-order valence-electron chi connectivity index (χ4n) is 4.36. The van der Waals surface area contributed by atoms with Crippen LogP contribution in [0.2, 0.25) is 0 Å². The maximum absolute atomic E-state index is 12.5. The molecule has 2 saturated heterocycles. The Bertz CT molecular complexity index is 815. The molecule has 0 spiro atoms. The number of ether oxygens (including phenoxy) is 1. The minimum atomic E-state index is -0.0432. The Balaban J connectivity index is 1.33. The number of carbonyl (C=O) groups excluding carboxylic acids is 1. The molecule has 1 unspecified atom stereocenters. The second-order valence-electron chi connectivity index (χ2n) is 8.17. The van der Waals surface area contributed by atoms with Crippen molar-refractivity contribution in [3.8, 4) is 0 Å². The molecule has 0 aliphatic carbocycles. The van der Waals surface area contributed by atoms with Crippen molar-refractivity contribution >= 4 is 5.91 Å². The molecule has 7 heteroatoms. The summed E-state index contributed by atoms with van der Waals surface area (Å²) in [5.74, 6) is -0.0432. The Kier molecular flexibility index (Phi) is 6.56. The van der Waals surface area contributed by atoms with Crippen molar-refractivity contribution in [3.05, 3.63) is 47.3 Å². The summed E-state index contributed by atoms with van der Waals surface area (Å²) in [6.07, 6.45) is 6.60. The Morgan fingerprint density at radius 2 is 2.07 bits per heavy atom. The predicted octanol–water partition coefficient (Wildman–Crippen LogP) is 2.50. The SMILES string of the molecule is Cc1cccc(CN2CCCCC2CCn2cc(C(=O)N3CCOCC3)nn2)c1. The first-order valence-corrected chi connectivity index (χ1v) is 10.8. The Hall–Kier alpha value is -2.25. The molecule has 1 atom stereocenters. The zero-order valence-corrected chi connectivity index (χ0v) is 17.3. The van der Waals surface area contributed by atoms with Gasteiger partial charge in [0.25, 0.3) is 5.91 Å². The molecule has 2 aliphatic heterocycles. The fraction of sp³-hybridized carbons (Fsp3) is 0.591. The number of morpholine rings is 1. The van der Waals surface area contributed by atoms with Gasteiger partial charge in [-0.3, -0.25) is 14.4 Å². The number of aromatic nitrogens is 3. The van der Waals surface area contributed by atoms with Gasteiger partial charge in [-0.15, -0.1) is 5.10 Å². The molecule has 3 heterocycles. The van der Waals surface area contributed by atoms with Gasteiger partial charge >= 0.3 is 0 Å². The summed E-state index contributed by atoms with van der Waals surface area (Å²) in [7, 11) is 0. The molecule has 1 aromatic carbocycles. The zero-order chi connectivity index (χ0) is 20.1. The number of nitrogens with zero attached hydrogens (tertiary/aromatic N) is 5. The van der Waals surface area contributed by atoms with Gasteiger partial charge in [0.2, 0.25) is 0 Å². The number of aryl methyl sites for hydroxylation is 2.